The summed E-state index contributed by atoms with van der Waals surface area (Å²) in [7, 11) is 1.97. The van der Waals surface area contributed by atoms with Gasteiger partial charge in [0.1, 0.15) is 0 Å². The molecule has 0 aliphatic heterocycles. The van der Waals surface area contributed by atoms with Crippen molar-refractivity contribution in [3.63, 3.8) is 0 Å². The summed E-state index contributed by atoms with van der Waals surface area (Å²) >= 11 is 0. The van der Waals surface area contributed by atoms with Crippen LogP contribution in [0.15, 0.2) is 67.0 Å². The molecule has 0 bridgehead atoms. The molecule has 1 aromatic carbocycles. The molecule has 0 fully saturated rings. The molecule has 2 heterocycles. The van der Waals surface area contributed by atoms with Crippen molar-refractivity contribution in [2.24, 2.45) is 0 Å². The summed E-state index contributed by atoms with van der Waals surface area (Å²) in [4.78, 5) is 20.9. The molecule has 2 aromatic heterocycles. The van der Waals surface area contributed by atoms with E-state index in [9.17, 15) is 4.79 Å². The van der Waals surface area contributed by atoms with Gasteiger partial charge in [-0.05, 0) is 55.7 Å². The second-order valence-corrected chi connectivity index (χ2v) is 7.32. The van der Waals surface area contributed by atoms with Crippen molar-refractivity contribution in [2.75, 3.05) is 18.5 Å². The monoisotopic (exact) mass is 389 g/mol. The first-order chi connectivity index (χ1) is 14.0. The van der Waals surface area contributed by atoms with Gasteiger partial charge in [0, 0.05) is 38.6 Å². The van der Waals surface area contributed by atoms with Crippen LogP contribution >= 0.6 is 0 Å². The van der Waals surface area contributed by atoms with Crippen molar-refractivity contribution in [2.45, 2.75) is 32.9 Å². The van der Waals surface area contributed by atoms with Crippen LogP contribution in [-0.4, -0.2) is 45.6 Å². The van der Waals surface area contributed by atoms with E-state index in [1.807, 2.05) is 79.2 Å². The van der Waals surface area contributed by atoms with Crippen LogP contribution in [0.3, 0.4) is 0 Å². The van der Waals surface area contributed by atoms with E-state index in [2.05, 4.69) is 15.2 Å². The number of rotatable bonds is 8. The third-order valence-electron chi connectivity index (χ3n) is 4.83. The molecule has 6 nitrogen and oxygen atoms in total. The zero-order valence-electron chi connectivity index (χ0n) is 17.2. The van der Waals surface area contributed by atoms with Gasteiger partial charge in [0.05, 0.1) is 0 Å². The quantitative estimate of drug-likeness (QED) is 0.589. The molecule has 0 aliphatic rings. The van der Waals surface area contributed by atoms with E-state index in [4.69, 9.17) is 0 Å². The first-order valence-corrected chi connectivity index (χ1v) is 9.83. The maximum Gasteiger partial charge on any atom is 0.274 e. The fourth-order valence-corrected chi connectivity index (χ4v) is 3.02. The van der Waals surface area contributed by atoms with Gasteiger partial charge in [0.2, 0.25) is 0 Å². The van der Waals surface area contributed by atoms with Crippen LogP contribution in [0, 0.1) is 0 Å². The Morgan fingerprint density at radius 2 is 1.66 bits per heavy atom. The first-order valence-electron chi connectivity index (χ1n) is 9.83. The highest BCUT2D eigenvalue weighted by Crippen LogP contribution is 2.14. The van der Waals surface area contributed by atoms with Gasteiger partial charge in [-0.25, -0.2) is 0 Å². The normalized spacial score (nSPS) is 10.8. The average Bonchev–Trinajstić information content (AvgIpc) is 2.76. The van der Waals surface area contributed by atoms with Crippen LogP contribution in [0.5, 0.6) is 0 Å². The van der Waals surface area contributed by atoms with Gasteiger partial charge in [-0.15, -0.1) is 10.2 Å². The lowest BCUT2D eigenvalue weighted by Crippen LogP contribution is -2.37. The molecule has 0 N–H and O–H groups in total. The van der Waals surface area contributed by atoms with Gasteiger partial charge in [-0.2, -0.15) is 0 Å². The Balaban J connectivity index is 1.65. The molecule has 1 amide bonds. The Morgan fingerprint density at radius 1 is 0.931 bits per heavy atom. The highest BCUT2D eigenvalue weighted by Gasteiger charge is 2.21. The molecular weight excluding hydrogens is 362 g/mol. The number of nitrogens with zero attached hydrogens (tertiary/aromatic N) is 5. The summed E-state index contributed by atoms with van der Waals surface area (Å²) in [6.07, 6.45) is 4.48. The molecule has 0 aliphatic carbocycles. The van der Waals surface area contributed by atoms with Crippen molar-refractivity contribution < 1.29 is 4.79 Å². The predicted molar refractivity (Wildman–Crippen MR) is 115 cm³/mol. The van der Waals surface area contributed by atoms with Crippen LogP contribution < -0.4 is 4.90 Å². The van der Waals surface area contributed by atoms with Gasteiger partial charge in [0.25, 0.3) is 5.91 Å². The van der Waals surface area contributed by atoms with Gasteiger partial charge >= 0.3 is 0 Å². The fourth-order valence-electron chi connectivity index (χ4n) is 3.02. The largest absolute Gasteiger partial charge is 0.358 e. The number of amides is 1. The van der Waals surface area contributed by atoms with E-state index >= 15 is 0 Å². The van der Waals surface area contributed by atoms with E-state index < -0.39 is 0 Å². The number of anilines is 1. The molecule has 29 heavy (non-hydrogen) atoms. The first kappa shape index (κ1) is 20.5. The second kappa shape index (κ2) is 9.78. The smallest absolute Gasteiger partial charge is 0.274 e. The maximum absolute atomic E-state index is 13.0. The van der Waals surface area contributed by atoms with Crippen molar-refractivity contribution in [3.8, 4) is 0 Å². The number of carbonyl (C=O) groups excluding carboxylic acids is 1. The SMILES string of the molecule is CC(C)N(Cc1ccccc1)C(=O)c1ccc(N(C)CCc2ccncc2)nn1. The maximum atomic E-state index is 13.0. The Kier molecular flexibility index (Phi) is 6.89. The number of pyridine rings is 1. The van der Waals surface area contributed by atoms with E-state index in [0.717, 1.165) is 24.3 Å². The van der Waals surface area contributed by atoms with E-state index in [0.29, 0.717) is 12.2 Å². The third kappa shape index (κ3) is 5.60. The molecule has 0 atom stereocenters. The predicted octanol–water partition coefficient (Wildman–Crippen LogP) is 3.60. The van der Waals surface area contributed by atoms with Crippen LogP contribution in [-0.2, 0) is 13.0 Å². The molecule has 3 aromatic rings. The van der Waals surface area contributed by atoms with Crippen LogP contribution in [0.25, 0.3) is 0 Å². The zero-order valence-corrected chi connectivity index (χ0v) is 17.2. The molecule has 0 saturated heterocycles. The standard InChI is InChI=1S/C23H27N5O/c1-18(2)28(17-20-7-5-4-6-8-20)23(29)21-9-10-22(26-25-21)27(3)16-13-19-11-14-24-15-12-19/h4-12,14-15,18H,13,16-17H2,1-3H3. The molecule has 0 radical (unpaired) electrons. The Labute approximate surface area is 172 Å². The highest BCUT2D eigenvalue weighted by atomic mass is 16.2. The minimum atomic E-state index is -0.109. The van der Waals surface area contributed by atoms with Crippen molar-refractivity contribution in [1.82, 2.24) is 20.1 Å². The lowest BCUT2D eigenvalue weighted by molar-refractivity contribution is 0.0683. The summed E-state index contributed by atoms with van der Waals surface area (Å²) in [6.45, 7) is 5.37. The summed E-state index contributed by atoms with van der Waals surface area (Å²) in [5.74, 6) is 0.636. The second-order valence-electron chi connectivity index (χ2n) is 7.32. The Bertz CT molecular complexity index is 898. The van der Waals surface area contributed by atoms with Gasteiger partial charge in [0.15, 0.2) is 11.5 Å². The number of likely N-dealkylation sites (N-methyl/N-ethyl adjacent to an activating group) is 1. The minimum absolute atomic E-state index is 0.0622. The zero-order chi connectivity index (χ0) is 20.6. The number of hydrogen-bond donors (Lipinski definition) is 0. The van der Waals surface area contributed by atoms with Crippen molar-refractivity contribution in [1.29, 1.82) is 0 Å². The van der Waals surface area contributed by atoms with Crippen LogP contribution in [0.1, 0.15) is 35.5 Å². The molecule has 0 spiro atoms. The third-order valence-corrected chi connectivity index (χ3v) is 4.83. The molecule has 0 unspecified atom stereocenters. The van der Waals surface area contributed by atoms with Crippen LogP contribution in [0.4, 0.5) is 5.82 Å². The lowest BCUT2D eigenvalue weighted by Gasteiger charge is -2.26. The van der Waals surface area contributed by atoms with Gasteiger partial charge in [-0.3, -0.25) is 9.78 Å². The fraction of sp³-hybridized carbons (Fsp3) is 0.304. The molecule has 3 rings (SSSR count). The molecule has 6 heteroatoms. The topological polar surface area (TPSA) is 62.2 Å². The number of carbonyl (C=O) groups is 1. The Morgan fingerprint density at radius 3 is 2.28 bits per heavy atom. The number of benzene rings is 1. The van der Waals surface area contributed by atoms with Crippen LogP contribution in [0.2, 0.25) is 0 Å². The molecule has 150 valence electrons. The summed E-state index contributed by atoms with van der Waals surface area (Å²) in [5, 5.41) is 8.48. The molecule has 0 saturated carbocycles. The molecular formula is C23H27N5O. The number of aromatic nitrogens is 3. The van der Waals surface area contributed by atoms with Crippen molar-refractivity contribution >= 4 is 11.7 Å². The van der Waals surface area contributed by atoms with E-state index in [1.165, 1.54) is 5.56 Å². The number of hydrogen-bond acceptors (Lipinski definition) is 5. The van der Waals surface area contributed by atoms with Gasteiger partial charge in [-0.1, -0.05) is 30.3 Å². The average molecular weight is 390 g/mol. The van der Waals surface area contributed by atoms with E-state index in [-0.39, 0.29) is 11.9 Å². The minimum Gasteiger partial charge on any atom is -0.358 e. The van der Waals surface area contributed by atoms with Crippen molar-refractivity contribution in [3.05, 3.63) is 83.8 Å². The summed E-state index contributed by atoms with van der Waals surface area (Å²) < 4.78 is 0. The van der Waals surface area contributed by atoms with Gasteiger partial charge < -0.3 is 9.80 Å². The summed E-state index contributed by atoms with van der Waals surface area (Å²) in [6, 6.07) is 17.7. The highest BCUT2D eigenvalue weighted by molar-refractivity contribution is 5.92. The summed E-state index contributed by atoms with van der Waals surface area (Å²) in [5.41, 5.74) is 2.68. The lowest BCUT2D eigenvalue weighted by atomic mass is 10.1. The Hall–Kier alpha value is -3.28. The van der Waals surface area contributed by atoms with E-state index in [1.54, 1.807) is 18.5 Å².